The molecule has 1 saturated heterocycles. The third-order valence-electron chi connectivity index (χ3n) is 4.09. The van der Waals surface area contributed by atoms with Gasteiger partial charge >= 0.3 is 0 Å². The summed E-state index contributed by atoms with van der Waals surface area (Å²) in [6, 6.07) is 2.99. The van der Waals surface area contributed by atoms with Crippen molar-refractivity contribution in [3.63, 3.8) is 0 Å². The van der Waals surface area contributed by atoms with Crippen molar-refractivity contribution >= 4 is 23.2 Å². The number of alkyl halides is 2. The van der Waals surface area contributed by atoms with E-state index in [0.29, 0.717) is 11.3 Å². The van der Waals surface area contributed by atoms with Crippen LogP contribution in [0.3, 0.4) is 0 Å². The molecule has 2 nitrogen and oxygen atoms in total. The van der Waals surface area contributed by atoms with E-state index in [2.05, 4.69) is 12.2 Å². The molecule has 0 bridgehead atoms. The Hall–Kier alpha value is -0.510. The maximum Gasteiger partial charge on any atom is 0.192 e. The molecule has 2 aliphatic heterocycles. The van der Waals surface area contributed by atoms with E-state index in [1.54, 1.807) is 6.07 Å². The summed E-state index contributed by atoms with van der Waals surface area (Å²) >= 11 is 12.2. The first-order valence-corrected chi connectivity index (χ1v) is 7.38. The Morgan fingerprint density at radius 3 is 2.89 bits per heavy atom. The molecule has 1 aromatic rings. The van der Waals surface area contributed by atoms with Gasteiger partial charge in [-0.2, -0.15) is 0 Å². The van der Waals surface area contributed by atoms with Crippen molar-refractivity contribution in [1.29, 1.82) is 0 Å². The average molecular weight is 304 g/mol. The Kier molecular flexibility index (Phi) is 3.40. The van der Waals surface area contributed by atoms with Crippen LogP contribution in [0.4, 0.5) is 4.39 Å². The fourth-order valence-corrected chi connectivity index (χ4v) is 3.44. The average Bonchev–Trinajstić information content (AvgIpc) is 2.66. The zero-order chi connectivity index (χ0) is 13.6. The van der Waals surface area contributed by atoms with Gasteiger partial charge in [0.2, 0.25) is 0 Å². The first-order valence-electron chi connectivity index (χ1n) is 6.51. The van der Waals surface area contributed by atoms with Crippen molar-refractivity contribution in [2.45, 2.75) is 36.1 Å². The van der Waals surface area contributed by atoms with Crippen molar-refractivity contribution in [3.05, 3.63) is 29.1 Å². The van der Waals surface area contributed by atoms with Crippen LogP contribution in [0.5, 0.6) is 5.75 Å². The van der Waals surface area contributed by atoms with E-state index in [1.807, 2.05) is 0 Å². The zero-order valence-corrected chi connectivity index (χ0v) is 12.2. The first-order chi connectivity index (χ1) is 9.01. The second-order valence-corrected chi connectivity index (χ2v) is 6.48. The van der Waals surface area contributed by atoms with E-state index in [4.69, 9.17) is 27.9 Å². The molecule has 1 aromatic carbocycles. The molecule has 0 radical (unpaired) electrons. The Labute approximate surface area is 122 Å². The number of nitrogens with one attached hydrogen (secondary N) is 1. The maximum atomic E-state index is 13.9. The van der Waals surface area contributed by atoms with Gasteiger partial charge in [-0.25, -0.2) is 4.39 Å². The molecule has 5 heteroatoms. The third kappa shape index (κ3) is 2.22. The SMILES string of the molecule is CC1(c2cc(F)cc3c2OC(Cl)C3Cl)CCCNC1. The minimum Gasteiger partial charge on any atom is -0.472 e. The first kappa shape index (κ1) is 13.5. The van der Waals surface area contributed by atoms with Crippen LogP contribution in [0.15, 0.2) is 12.1 Å². The Bertz CT molecular complexity index is 502. The number of ether oxygens (including phenoxy) is 1. The largest absolute Gasteiger partial charge is 0.472 e. The molecule has 0 saturated carbocycles. The van der Waals surface area contributed by atoms with Crippen molar-refractivity contribution in [1.82, 2.24) is 5.32 Å². The number of hydrogen-bond donors (Lipinski definition) is 1. The molecule has 0 spiro atoms. The van der Waals surface area contributed by atoms with Crippen LogP contribution in [-0.2, 0) is 5.41 Å². The van der Waals surface area contributed by atoms with Crippen molar-refractivity contribution in [3.8, 4) is 5.75 Å². The van der Waals surface area contributed by atoms with Crippen molar-refractivity contribution in [2.75, 3.05) is 13.1 Å². The van der Waals surface area contributed by atoms with Crippen LogP contribution in [0.2, 0.25) is 0 Å². The topological polar surface area (TPSA) is 21.3 Å². The van der Waals surface area contributed by atoms with Gasteiger partial charge in [-0.15, -0.1) is 11.6 Å². The van der Waals surface area contributed by atoms with Crippen LogP contribution in [0, 0.1) is 5.82 Å². The summed E-state index contributed by atoms with van der Waals surface area (Å²) < 4.78 is 19.5. The summed E-state index contributed by atoms with van der Waals surface area (Å²) in [5, 5.41) is 2.87. The summed E-state index contributed by atoms with van der Waals surface area (Å²) in [5.74, 6) is 0.396. The molecule has 1 fully saturated rings. The van der Waals surface area contributed by atoms with Crippen LogP contribution >= 0.6 is 23.2 Å². The number of piperidine rings is 1. The third-order valence-corrected chi connectivity index (χ3v) is 5.02. The van der Waals surface area contributed by atoms with Gasteiger partial charge in [0.1, 0.15) is 16.9 Å². The highest BCUT2D eigenvalue weighted by Gasteiger charge is 2.39. The fourth-order valence-electron chi connectivity index (χ4n) is 3.00. The van der Waals surface area contributed by atoms with E-state index in [9.17, 15) is 4.39 Å². The highest BCUT2D eigenvalue weighted by Crippen LogP contribution is 2.49. The highest BCUT2D eigenvalue weighted by molar-refractivity contribution is 6.30. The normalized spacial score (nSPS) is 33.9. The van der Waals surface area contributed by atoms with Gasteiger partial charge in [0.25, 0.3) is 0 Å². The molecule has 3 rings (SSSR count). The monoisotopic (exact) mass is 303 g/mol. The Morgan fingerprint density at radius 2 is 2.21 bits per heavy atom. The lowest BCUT2D eigenvalue weighted by Crippen LogP contribution is -2.41. The number of fused-ring (bicyclic) bond motifs is 1. The molecule has 0 aromatic heterocycles. The van der Waals surface area contributed by atoms with Gasteiger partial charge in [0.15, 0.2) is 5.56 Å². The van der Waals surface area contributed by atoms with E-state index in [-0.39, 0.29) is 11.2 Å². The Morgan fingerprint density at radius 1 is 1.42 bits per heavy atom. The molecular formula is C14H16Cl2FNO. The molecule has 2 heterocycles. The summed E-state index contributed by atoms with van der Waals surface area (Å²) in [6.07, 6.45) is 2.07. The van der Waals surface area contributed by atoms with Crippen LogP contribution in [0.1, 0.15) is 36.3 Å². The molecule has 2 aliphatic rings. The van der Waals surface area contributed by atoms with Crippen molar-refractivity contribution < 1.29 is 9.13 Å². The van der Waals surface area contributed by atoms with Gasteiger partial charge in [-0.1, -0.05) is 18.5 Å². The summed E-state index contributed by atoms with van der Waals surface area (Å²) in [5.41, 5.74) is 0.784. The van der Waals surface area contributed by atoms with Crippen LogP contribution < -0.4 is 10.1 Å². The number of halogens is 3. The fraction of sp³-hybridized carbons (Fsp3) is 0.571. The lowest BCUT2D eigenvalue weighted by atomic mass is 9.75. The predicted molar refractivity (Wildman–Crippen MR) is 74.7 cm³/mol. The lowest BCUT2D eigenvalue weighted by molar-refractivity contribution is 0.286. The molecule has 3 atom stereocenters. The summed E-state index contributed by atoms with van der Waals surface area (Å²) in [6.45, 7) is 3.94. The highest BCUT2D eigenvalue weighted by atomic mass is 35.5. The van der Waals surface area contributed by atoms with Gasteiger partial charge in [0, 0.05) is 23.1 Å². The second kappa shape index (κ2) is 4.80. The van der Waals surface area contributed by atoms with Gasteiger partial charge in [0.05, 0.1) is 0 Å². The molecule has 104 valence electrons. The van der Waals surface area contributed by atoms with Gasteiger partial charge in [-0.05, 0) is 31.5 Å². The molecule has 1 N–H and O–H groups in total. The number of hydrogen-bond acceptors (Lipinski definition) is 2. The smallest absolute Gasteiger partial charge is 0.192 e. The van der Waals surface area contributed by atoms with E-state index in [1.165, 1.54) is 6.07 Å². The number of benzene rings is 1. The minimum absolute atomic E-state index is 0.137. The van der Waals surface area contributed by atoms with Crippen molar-refractivity contribution in [2.24, 2.45) is 0 Å². The standard InChI is InChI=1S/C14H16Cl2FNO/c1-14(3-2-4-18-7-14)10-6-8(17)5-9-11(15)13(16)19-12(9)10/h5-6,11,13,18H,2-4,7H2,1H3. The molecule has 19 heavy (non-hydrogen) atoms. The van der Waals surface area contributed by atoms with Gasteiger partial charge < -0.3 is 10.1 Å². The summed E-state index contributed by atoms with van der Waals surface area (Å²) in [7, 11) is 0. The summed E-state index contributed by atoms with van der Waals surface area (Å²) in [4.78, 5) is 0. The molecule has 3 unspecified atom stereocenters. The number of rotatable bonds is 1. The van der Waals surface area contributed by atoms with E-state index < -0.39 is 10.9 Å². The molecular weight excluding hydrogens is 288 g/mol. The molecule has 0 amide bonds. The lowest BCUT2D eigenvalue weighted by Gasteiger charge is -2.35. The quantitative estimate of drug-likeness (QED) is 0.799. The Balaban J connectivity index is 2.10. The van der Waals surface area contributed by atoms with Crippen LogP contribution in [-0.4, -0.2) is 18.7 Å². The minimum atomic E-state index is -0.627. The predicted octanol–water partition coefficient (Wildman–Crippen LogP) is 3.70. The van der Waals surface area contributed by atoms with E-state index >= 15 is 0 Å². The zero-order valence-electron chi connectivity index (χ0n) is 10.7. The molecule has 0 aliphatic carbocycles. The van der Waals surface area contributed by atoms with Gasteiger partial charge in [-0.3, -0.25) is 0 Å². The second-order valence-electron chi connectivity index (χ2n) is 5.58. The maximum absolute atomic E-state index is 13.9. The van der Waals surface area contributed by atoms with Crippen LogP contribution in [0.25, 0.3) is 0 Å². The van der Waals surface area contributed by atoms with E-state index in [0.717, 1.165) is 31.5 Å².